The molecule has 0 spiro atoms. The number of aliphatic hydroxyl groups excluding tert-OH is 1. The molecule has 1 N–H and O–H groups in total. The number of aliphatic hydroxyl groups is 1. The topological polar surface area (TPSA) is 82.9 Å². The van der Waals surface area contributed by atoms with Crippen molar-refractivity contribution in [1.29, 1.82) is 5.26 Å². The van der Waals surface area contributed by atoms with Crippen LogP contribution in [-0.2, 0) is 6.42 Å². The molecule has 0 fully saturated rings. The van der Waals surface area contributed by atoms with Gasteiger partial charge in [-0.3, -0.25) is 0 Å². The van der Waals surface area contributed by atoms with Crippen LogP contribution in [0.15, 0.2) is 34.9 Å². The Bertz CT molecular complexity index is 516. The highest BCUT2D eigenvalue weighted by Crippen LogP contribution is 2.15. The largest absolute Gasteiger partial charge is 0.392 e. The molecule has 0 radical (unpaired) electrons. The standard InChI is InChI=1S/C12H11N3O2/c13-7-6-10(16)8-11-14-12(15-17-11)9-4-2-1-3-5-9/h1-5,10,16H,6,8H2. The Morgan fingerprint density at radius 3 is 2.82 bits per heavy atom. The molecule has 0 bridgehead atoms. The number of nitrogens with zero attached hydrogens (tertiary/aromatic N) is 3. The molecule has 0 saturated heterocycles. The summed E-state index contributed by atoms with van der Waals surface area (Å²) in [5.74, 6) is 0.830. The Balaban J connectivity index is 2.09. The van der Waals surface area contributed by atoms with Crippen molar-refractivity contribution in [2.45, 2.75) is 18.9 Å². The van der Waals surface area contributed by atoms with Gasteiger partial charge in [0, 0.05) is 5.56 Å². The highest BCUT2D eigenvalue weighted by molar-refractivity contribution is 5.53. The lowest BCUT2D eigenvalue weighted by Crippen LogP contribution is -2.09. The van der Waals surface area contributed by atoms with Crippen LogP contribution in [0.3, 0.4) is 0 Å². The van der Waals surface area contributed by atoms with E-state index in [-0.39, 0.29) is 12.8 Å². The predicted octanol–water partition coefficient (Wildman–Crippen LogP) is 1.55. The van der Waals surface area contributed by atoms with Crippen molar-refractivity contribution in [2.24, 2.45) is 0 Å². The van der Waals surface area contributed by atoms with Crippen molar-refractivity contribution in [3.63, 3.8) is 0 Å². The van der Waals surface area contributed by atoms with Gasteiger partial charge in [0.25, 0.3) is 0 Å². The first kappa shape index (κ1) is 11.3. The fourth-order valence-electron chi connectivity index (χ4n) is 1.42. The van der Waals surface area contributed by atoms with Crippen LogP contribution in [0, 0.1) is 11.3 Å². The highest BCUT2D eigenvalue weighted by Gasteiger charge is 2.12. The fraction of sp³-hybridized carbons (Fsp3) is 0.250. The van der Waals surface area contributed by atoms with Crippen LogP contribution in [-0.4, -0.2) is 21.4 Å². The molecule has 1 unspecified atom stereocenters. The molecule has 0 amide bonds. The third kappa shape index (κ3) is 2.89. The zero-order chi connectivity index (χ0) is 12.1. The van der Waals surface area contributed by atoms with Gasteiger partial charge in [-0.2, -0.15) is 10.2 Å². The summed E-state index contributed by atoms with van der Waals surface area (Å²) in [5, 5.41) is 21.7. The number of aromatic nitrogens is 2. The minimum absolute atomic E-state index is 0.0586. The van der Waals surface area contributed by atoms with E-state index in [1.807, 2.05) is 36.4 Å². The molecule has 0 aliphatic heterocycles. The van der Waals surface area contributed by atoms with Crippen molar-refractivity contribution in [1.82, 2.24) is 10.1 Å². The van der Waals surface area contributed by atoms with E-state index in [0.29, 0.717) is 11.7 Å². The van der Waals surface area contributed by atoms with Crippen molar-refractivity contribution in [3.05, 3.63) is 36.2 Å². The molecule has 0 aliphatic carbocycles. The molecule has 1 aromatic carbocycles. The lowest BCUT2D eigenvalue weighted by atomic mass is 10.2. The maximum Gasteiger partial charge on any atom is 0.229 e. The van der Waals surface area contributed by atoms with Crippen LogP contribution in [0.5, 0.6) is 0 Å². The van der Waals surface area contributed by atoms with Gasteiger partial charge >= 0.3 is 0 Å². The van der Waals surface area contributed by atoms with E-state index in [1.54, 1.807) is 0 Å². The summed E-state index contributed by atoms with van der Waals surface area (Å²) in [6.45, 7) is 0. The normalized spacial score (nSPS) is 12.0. The van der Waals surface area contributed by atoms with Crippen LogP contribution < -0.4 is 0 Å². The highest BCUT2D eigenvalue weighted by atomic mass is 16.5. The summed E-state index contributed by atoms with van der Waals surface area (Å²) in [5.41, 5.74) is 0.859. The Morgan fingerprint density at radius 2 is 2.12 bits per heavy atom. The number of nitriles is 1. The lowest BCUT2D eigenvalue weighted by Gasteiger charge is -1.99. The van der Waals surface area contributed by atoms with Gasteiger partial charge in [0.15, 0.2) is 0 Å². The van der Waals surface area contributed by atoms with Crippen LogP contribution in [0.1, 0.15) is 12.3 Å². The minimum atomic E-state index is -0.760. The minimum Gasteiger partial charge on any atom is -0.392 e. The van der Waals surface area contributed by atoms with E-state index in [9.17, 15) is 5.11 Å². The van der Waals surface area contributed by atoms with E-state index < -0.39 is 6.10 Å². The van der Waals surface area contributed by atoms with Gasteiger partial charge in [-0.05, 0) is 0 Å². The first-order chi connectivity index (χ1) is 8.29. The average Bonchev–Trinajstić information content (AvgIpc) is 2.79. The summed E-state index contributed by atoms with van der Waals surface area (Å²) in [6.07, 6.45) is -0.500. The van der Waals surface area contributed by atoms with Crippen molar-refractivity contribution in [2.75, 3.05) is 0 Å². The predicted molar refractivity (Wildman–Crippen MR) is 59.7 cm³/mol. The summed E-state index contributed by atoms with van der Waals surface area (Å²) in [4.78, 5) is 4.16. The summed E-state index contributed by atoms with van der Waals surface area (Å²) >= 11 is 0. The molecule has 5 heteroatoms. The molecule has 17 heavy (non-hydrogen) atoms. The molecule has 1 heterocycles. The second-order valence-corrected chi connectivity index (χ2v) is 3.60. The average molecular weight is 229 g/mol. The van der Waals surface area contributed by atoms with Crippen LogP contribution in [0.4, 0.5) is 0 Å². The van der Waals surface area contributed by atoms with E-state index >= 15 is 0 Å². The first-order valence-corrected chi connectivity index (χ1v) is 5.22. The molecular weight excluding hydrogens is 218 g/mol. The van der Waals surface area contributed by atoms with Gasteiger partial charge in [0.1, 0.15) is 0 Å². The van der Waals surface area contributed by atoms with Gasteiger partial charge in [0.2, 0.25) is 11.7 Å². The number of hydrogen-bond donors (Lipinski definition) is 1. The first-order valence-electron chi connectivity index (χ1n) is 5.22. The van der Waals surface area contributed by atoms with E-state index in [4.69, 9.17) is 9.78 Å². The third-order valence-corrected chi connectivity index (χ3v) is 2.24. The number of hydrogen-bond acceptors (Lipinski definition) is 5. The van der Waals surface area contributed by atoms with Crippen LogP contribution in [0.2, 0.25) is 0 Å². The van der Waals surface area contributed by atoms with Crippen LogP contribution in [0.25, 0.3) is 11.4 Å². The maximum atomic E-state index is 9.43. The van der Waals surface area contributed by atoms with Crippen LogP contribution >= 0.6 is 0 Å². The molecule has 86 valence electrons. The molecule has 0 aliphatic rings. The molecule has 2 aromatic rings. The summed E-state index contributed by atoms with van der Waals surface area (Å²) < 4.78 is 5.01. The molecular formula is C12H11N3O2. The molecule has 1 atom stereocenters. The molecule has 2 rings (SSSR count). The SMILES string of the molecule is N#CCC(O)Cc1nc(-c2ccccc2)no1. The van der Waals surface area contributed by atoms with Gasteiger partial charge in [-0.1, -0.05) is 35.5 Å². The zero-order valence-corrected chi connectivity index (χ0v) is 9.08. The second-order valence-electron chi connectivity index (χ2n) is 3.60. The monoisotopic (exact) mass is 229 g/mol. The van der Waals surface area contributed by atoms with Gasteiger partial charge in [-0.15, -0.1) is 0 Å². The van der Waals surface area contributed by atoms with Gasteiger partial charge in [-0.25, -0.2) is 0 Å². The van der Waals surface area contributed by atoms with Crippen molar-refractivity contribution in [3.8, 4) is 17.5 Å². The number of rotatable bonds is 4. The number of benzene rings is 1. The van der Waals surface area contributed by atoms with E-state index in [0.717, 1.165) is 5.56 Å². The molecule has 5 nitrogen and oxygen atoms in total. The second kappa shape index (κ2) is 5.23. The van der Waals surface area contributed by atoms with Gasteiger partial charge < -0.3 is 9.63 Å². The van der Waals surface area contributed by atoms with Crippen molar-refractivity contribution >= 4 is 0 Å². The Labute approximate surface area is 98.3 Å². The summed E-state index contributed by atoms with van der Waals surface area (Å²) in [6, 6.07) is 11.3. The molecule has 1 aromatic heterocycles. The Morgan fingerprint density at radius 1 is 1.35 bits per heavy atom. The third-order valence-electron chi connectivity index (χ3n) is 2.24. The maximum absolute atomic E-state index is 9.43. The molecule has 0 saturated carbocycles. The zero-order valence-electron chi connectivity index (χ0n) is 9.08. The van der Waals surface area contributed by atoms with E-state index in [2.05, 4.69) is 10.1 Å². The fourth-order valence-corrected chi connectivity index (χ4v) is 1.42. The van der Waals surface area contributed by atoms with Crippen molar-refractivity contribution < 1.29 is 9.63 Å². The smallest absolute Gasteiger partial charge is 0.229 e. The van der Waals surface area contributed by atoms with Gasteiger partial charge in [0.05, 0.1) is 25.0 Å². The Hall–Kier alpha value is -2.19. The van der Waals surface area contributed by atoms with E-state index in [1.165, 1.54) is 0 Å². The summed E-state index contributed by atoms with van der Waals surface area (Å²) in [7, 11) is 0. The Kier molecular flexibility index (Phi) is 3.48. The quantitative estimate of drug-likeness (QED) is 0.860. The lowest BCUT2D eigenvalue weighted by molar-refractivity contribution is 0.167.